The second-order valence-electron chi connectivity index (χ2n) is 7.10. The lowest BCUT2D eigenvalue weighted by molar-refractivity contribution is 0.145. The number of unbranched alkanes of at least 4 members (excludes halogenated alkanes) is 1. The Hall–Kier alpha value is -1.68. The van der Waals surface area contributed by atoms with E-state index < -0.39 is 10.9 Å². The summed E-state index contributed by atoms with van der Waals surface area (Å²) in [5.41, 5.74) is 3.24. The number of hydrogen-bond acceptors (Lipinski definition) is 3. The van der Waals surface area contributed by atoms with Gasteiger partial charge in [0.05, 0.1) is 4.75 Å². The van der Waals surface area contributed by atoms with Crippen LogP contribution in [-0.4, -0.2) is 22.4 Å². The molecule has 0 heterocycles. The van der Waals surface area contributed by atoms with Crippen molar-refractivity contribution in [2.24, 2.45) is 0 Å². The Kier molecular flexibility index (Phi) is 8.72. The summed E-state index contributed by atoms with van der Waals surface area (Å²) in [5.74, 6) is 3.29. The summed E-state index contributed by atoms with van der Waals surface area (Å²) in [6.45, 7) is 2.24. The molecule has 0 fully saturated rings. The van der Waals surface area contributed by atoms with Crippen molar-refractivity contribution in [3.8, 4) is 0 Å². The van der Waals surface area contributed by atoms with Gasteiger partial charge in [-0.2, -0.15) is 11.8 Å². The zero-order chi connectivity index (χ0) is 20.4. The van der Waals surface area contributed by atoms with Crippen LogP contribution in [0.25, 0.3) is 0 Å². The van der Waals surface area contributed by atoms with Crippen LogP contribution in [-0.2, 0) is 4.75 Å². The number of benzene rings is 3. The van der Waals surface area contributed by atoms with Crippen LogP contribution >= 0.6 is 23.5 Å². The van der Waals surface area contributed by atoms with Crippen molar-refractivity contribution in [1.29, 1.82) is 0 Å². The molecule has 152 valence electrons. The molecule has 3 aromatic rings. The van der Waals surface area contributed by atoms with Gasteiger partial charge in [-0.15, -0.1) is 11.8 Å². The molecular formula is C26H30OS2. The fourth-order valence-electron chi connectivity index (χ4n) is 3.58. The number of hydrogen-bond donors (Lipinski definition) is 1. The monoisotopic (exact) mass is 422 g/mol. The third kappa shape index (κ3) is 5.48. The first-order chi connectivity index (χ1) is 14.3. The maximum atomic E-state index is 11.8. The molecule has 1 atom stereocenters. The van der Waals surface area contributed by atoms with Crippen molar-refractivity contribution in [3.63, 3.8) is 0 Å². The van der Waals surface area contributed by atoms with Crippen LogP contribution in [0.3, 0.4) is 0 Å². The minimum atomic E-state index is -0.640. The van der Waals surface area contributed by atoms with Crippen molar-refractivity contribution in [3.05, 3.63) is 108 Å². The van der Waals surface area contributed by atoms with E-state index in [0.717, 1.165) is 28.2 Å². The summed E-state index contributed by atoms with van der Waals surface area (Å²) in [6, 6.07) is 31.0. The zero-order valence-electron chi connectivity index (χ0n) is 17.0. The molecule has 29 heavy (non-hydrogen) atoms. The van der Waals surface area contributed by atoms with Gasteiger partial charge in [-0.3, -0.25) is 0 Å². The number of aliphatic hydroxyl groups excluding tert-OH is 1. The molecule has 0 aromatic heterocycles. The van der Waals surface area contributed by atoms with E-state index in [9.17, 15) is 5.11 Å². The summed E-state index contributed by atoms with van der Waals surface area (Å²) >= 11 is 3.88. The van der Waals surface area contributed by atoms with Gasteiger partial charge < -0.3 is 5.11 Å². The Morgan fingerprint density at radius 1 is 0.724 bits per heavy atom. The lowest BCUT2D eigenvalue weighted by Crippen LogP contribution is -2.32. The molecule has 0 bridgehead atoms. The molecular weight excluding hydrogens is 392 g/mol. The largest absolute Gasteiger partial charge is 0.386 e. The highest BCUT2D eigenvalue weighted by atomic mass is 32.2. The lowest BCUT2D eigenvalue weighted by atomic mass is 9.82. The van der Waals surface area contributed by atoms with Gasteiger partial charge in [-0.25, -0.2) is 0 Å². The molecule has 1 N–H and O–H groups in total. The highest BCUT2D eigenvalue weighted by molar-refractivity contribution is 8.03. The molecule has 0 saturated carbocycles. The van der Waals surface area contributed by atoms with Gasteiger partial charge in [0.1, 0.15) is 6.10 Å². The van der Waals surface area contributed by atoms with Gasteiger partial charge >= 0.3 is 0 Å². The minimum Gasteiger partial charge on any atom is -0.386 e. The molecule has 0 radical (unpaired) electrons. The van der Waals surface area contributed by atoms with E-state index in [1.807, 2.05) is 66.0 Å². The number of rotatable bonds is 11. The van der Waals surface area contributed by atoms with Crippen molar-refractivity contribution < 1.29 is 5.11 Å². The fourth-order valence-corrected chi connectivity index (χ4v) is 6.30. The van der Waals surface area contributed by atoms with E-state index in [2.05, 4.69) is 55.5 Å². The van der Waals surface area contributed by atoms with E-state index in [4.69, 9.17) is 0 Å². The Balaban J connectivity index is 2.00. The highest BCUT2D eigenvalue weighted by Gasteiger charge is 2.42. The molecule has 0 aliphatic carbocycles. The summed E-state index contributed by atoms with van der Waals surface area (Å²) in [5, 5.41) is 11.8. The smallest absolute Gasteiger partial charge is 0.102 e. The molecule has 0 saturated heterocycles. The van der Waals surface area contributed by atoms with Crippen LogP contribution in [0.5, 0.6) is 0 Å². The van der Waals surface area contributed by atoms with E-state index in [1.165, 1.54) is 18.6 Å². The summed E-state index contributed by atoms with van der Waals surface area (Å²) in [4.78, 5) is 0. The van der Waals surface area contributed by atoms with Crippen LogP contribution in [0.2, 0.25) is 0 Å². The van der Waals surface area contributed by atoms with Crippen molar-refractivity contribution in [2.75, 3.05) is 17.3 Å². The van der Waals surface area contributed by atoms with Crippen LogP contribution in [0, 0.1) is 0 Å². The third-order valence-electron chi connectivity index (χ3n) is 5.11. The molecule has 3 heteroatoms. The maximum Gasteiger partial charge on any atom is 0.102 e. The second kappa shape index (κ2) is 11.5. The Labute approximate surface area is 184 Å². The molecule has 0 amide bonds. The van der Waals surface area contributed by atoms with Crippen LogP contribution < -0.4 is 0 Å². The van der Waals surface area contributed by atoms with Gasteiger partial charge in [0.15, 0.2) is 0 Å². The first-order valence-electron chi connectivity index (χ1n) is 10.3. The topological polar surface area (TPSA) is 20.2 Å². The summed E-state index contributed by atoms with van der Waals surface area (Å²) in [6.07, 6.45) is 1.87. The summed E-state index contributed by atoms with van der Waals surface area (Å²) in [7, 11) is 0. The highest BCUT2D eigenvalue weighted by Crippen LogP contribution is 2.51. The molecule has 3 rings (SSSR count). The van der Waals surface area contributed by atoms with E-state index in [1.54, 1.807) is 0 Å². The summed E-state index contributed by atoms with van der Waals surface area (Å²) < 4.78 is -0.546. The van der Waals surface area contributed by atoms with Crippen LogP contribution in [0.4, 0.5) is 0 Å². The predicted octanol–water partition coefficient (Wildman–Crippen LogP) is 6.93. The van der Waals surface area contributed by atoms with Crippen molar-refractivity contribution in [1.82, 2.24) is 0 Å². The van der Waals surface area contributed by atoms with E-state index in [-0.39, 0.29) is 0 Å². The van der Waals surface area contributed by atoms with Gasteiger partial charge in [0.2, 0.25) is 0 Å². The molecule has 1 unspecified atom stereocenters. The van der Waals surface area contributed by atoms with E-state index >= 15 is 0 Å². The average Bonchev–Trinajstić information content (AvgIpc) is 2.80. The molecule has 3 aromatic carbocycles. The van der Waals surface area contributed by atoms with Gasteiger partial charge in [0, 0.05) is 11.5 Å². The van der Waals surface area contributed by atoms with Gasteiger partial charge in [-0.05, 0) is 28.9 Å². The minimum absolute atomic E-state index is 0.546. The quantitative estimate of drug-likeness (QED) is 0.338. The molecule has 0 aliphatic rings. The molecule has 0 spiro atoms. The molecule has 0 aliphatic heterocycles. The number of thioether (sulfide) groups is 2. The second-order valence-corrected chi connectivity index (χ2v) is 9.66. The van der Waals surface area contributed by atoms with Crippen LogP contribution in [0.1, 0.15) is 42.6 Å². The standard InChI is InChI=1S/C26H30OS2/c1-2-3-19-28-20-21-29-26(23-15-9-5-10-16-23,24-17-11-6-12-18-24)25(27)22-13-7-4-8-14-22/h4-18,25,27H,2-3,19-21H2,1H3. The normalized spacial score (nSPS) is 12.6. The average molecular weight is 423 g/mol. The SMILES string of the molecule is CCCCSCCSC(c1ccccc1)(c1ccccc1)C(O)c1ccccc1. The van der Waals surface area contributed by atoms with Gasteiger partial charge in [-0.1, -0.05) is 104 Å². The van der Waals surface area contributed by atoms with Crippen molar-refractivity contribution >= 4 is 23.5 Å². The first kappa shape index (κ1) is 22.0. The Bertz CT molecular complexity index is 782. The zero-order valence-corrected chi connectivity index (χ0v) is 18.7. The van der Waals surface area contributed by atoms with Crippen LogP contribution in [0.15, 0.2) is 91.0 Å². The predicted molar refractivity (Wildman–Crippen MR) is 130 cm³/mol. The number of aliphatic hydroxyl groups is 1. The Morgan fingerprint density at radius 3 is 1.76 bits per heavy atom. The third-order valence-corrected chi connectivity index (χ3v) is 7.99. The maximum absolute atomic E-state index is 11.8. The molecule has 1 nitrogen and oxygen atoms in total. The first-order valence-corrected chi connectivity index (χ1v) is 12.5. The fraction of sp³-hybridized carbons (Fsp3) is 0.308. The van der Waals surface area contributed by atoms with E-state index in [0.29, 0.717) is 0 Å². The van der Waals surface area contributed by atoms with Crippen molar-refractivity contribution in [2.45, 2.75) is 30.6 Å². The van der Waals surface area contributed by atoms with Gasteiger partial charge in [0.25, 0.3) is 0 Å². The lowest BCUT2D eigenvalue weighted by Gasteiger charge is -2.39. The Morgan fingerprint density at radius 2 is 1.24 bits per heavy atom.